The van der Waals surface area contributed by atoms with Crippen LogP contribution in [-0.2, 0) is 41.6 Å². The summed E-state index contributed by atoms with van der Waals surface area (Å²) in [6.45, 7) is 7.08. The Hall–Kier alpha value is -2.78. The van der Waals surface area contributed by atoms with Gasteiger partial charge in [0, 0.05) is 9.49 Å². The van der Waals surface area contributed by atoms with E-state index in [9.17, 15) is 39.0 Å². The predicted octanol–water partition coefficient (Wildman–Crippen LogP) is -1.33. The van der Waals surface area contributed by atoms with E-state index >= 15 is 0 Å². The van der Waals surface area contributed by atoms with Gasteiger partial charge in [-0.15, -0.1) is 23.5 Å². The molecule has 0 spiro atoms. The van der Waals surface area contributed by atoms with E-state index in [2.05, 4.69) is 10.6 Å². The Morgan fingerprint density at radius 3 is 1.28 bits per heavy atom. The molecule has 0 saturated carbocycles. The van der Waals surface area contributed by atoms with Crippen molar-refractivity contribution in [1.82, 2.24) is 20.4 Å². The molecule has 0 aromatic heterocycles. The minimum absolute atomic E-state index is 0. The number of benzene rings is 2. The maximum atomic E-state index is 12.2. The Labute approximate surface area is 310 Å². The zero-order valence-electron chi connectivity index (χ0n) is 26.3. The third-order valence-corrected chi connectivity index (χ3v) is 11.5. The van der Waals surface area contributed by atoms with E-state index in [1.165, 1.54) is 33.3 Å². The zero-order chi connectivity index (χ0) is 33.6. The van der Waals surface area contributed by atoms with Crippen LogP contribution in [0.1, 0.15) is 38.8 Å². The van der Waals surface area contributed by atoms with Gasteiger partial charge in [0.1, 0.15) is 22.8 Å². The second-order valence-electron chi connectivity index (χ2n) is 12.6. The number of carboxylic acids is 2. The fourth-order valence-corrected chi connectivity index (χ4v) is 9.51. The van der Waals surface area contributed by atoms with E-state index in [0.29, 0.717) is 0 Å². The monoisotopic (exact) mass is 706 g/mol. The van der Waals surface area contributed by atoms with E-state index in [4.69, 9.17) is 0 Å². The molecule has 4 saturated heterocycles. The Balaban J connectivity index is 0.000000208. The summed E-state index contributed by atoms with van der Waals surface area (Å²) >= 11 is 2.77. The third kappa shape index (κ3) is 7.46. The van der Waals surface area contributed by atoms with Gasteiger partial charge in [0.05, 0.1) is 36.9 Å². The summed E-state index contributed by atoms with van der Waals surface area (Å²) in [6, 6.07) is 15.2. The number of aliphatic carboxylic acids is 2. The summed E-state index contributed by atoms with van der Waals surface area (Å²) in [5, 5.41) is 27.4. The molecule has 4 amide bonds. The molecular weight excluding hydrogens is 673 g/mol. The molecule has 2 aromatic carbocycles. The number of carbonyl (C=O) groups excluding carboxylic acids is 6. The fourth-order valence-electron chi connectivity index (χ4n) is 6.26. The van der Waals surface area contributed by atoms with E-state index in [1.54, 1.807) is 27.7 Å². The molecule has 6 atom stereocenters. The van der Waals surface area contributed by atoms with Crippen LogP contribution in [-0.4, -0.2) is 128 Å². The van der Waals surface area contributed by atoms with Gasteiger partial charge in [-0.2, -0.15) is 0 Å². The molecule has 0 aliphatic carbocycles. The number of fused-ring (bicyclic) bond motifs is 2. The Morgan fingerprint density at radius 2 is 0.979 bits per heavy atom. The molecule has 6 rings (SSSR count). The zero-order valence-corrected chi connectivity index (χ0v) is 30.2. The Bertz CT molecular complexity index is 1450. The van der Waals surface area contributed by atoms with Crippen LogP contribution in [0, 0.1) is 0 Å². The van der Waals surface area contributed by atoms with Gasteiger partial charge in [-0.05, 0) is 38.8 Å². The molecule has 0 bridgehead atoms. The maximum absolute atomic E-state index is 12.2. The van der Waals surface area contributed by atoms with Gasteiger partial charge < -0.3 is 40.2 Å². The van der Waals surface area contributed by atoms with Crippen molar-refractivity contribution in [1.29, 1.82) is 0 Å². The number of rotatable bonds is 8. The normalized spacial score (nSPS) is 27.4. The van der Waals surface area contributed by atoms with Crippen LogP contribution in [0.15, 0.2) is 60.7 Å². The topological polar surface area (TPSA) is 179 Å². The number of β-lactam (4-membered cyclic amide) rings is 2. The first-order chi connectivity index (χ1) is 21.6. The van der Waals surface area contributed by atoms with Crippen molar-refractivity contribution in [2.75, 3.05) is 0 Å². The predicted molar refractivity (Wildman–Crippen MR) is 172 cm³/mol. The van der Waals surface area contributed by atoms with Crippen LogP contribution in [0.3, 0.4) is 0 Å². The Kier molecular flexibility index (Phi) is 11.3. The van der Waals surface area contributed by atoms with Crippen LogP contribution >= 0.6 is 23.5 Å². The molecule has 244 valence electrons. The van der Waals surface area contributed by atoms with E-state index in [1.807, 2.05) is 60.7 Å². The van der Waals surface area contributed by atoms with E-state index < -0.39 is 45.6 Å². The number of thioether (sulfide) groups is 2. The van der Waals surface area contributed by atoms with Crippen LogP contribution in [0.25, 0.3) is 0 Å². The van der Waals surface area contributed by atoms with Gasteiger partial charge in [0.15, 0.2) is 0 Å². The van der Waals surface area contributed by atoms with Gasteiger partial charge in [0.2, 0.25) is 23.6 Å². The number of amides is 4. The number of carbonyl (C=O) groups is 6. The standard InChI is InChI=1S/2C16H18N2O4S.Ca/c2*1-16(2)12(15(21)22)18-13(20)11(14(18)23-16)17-10(19)8-9-6-4-3-5-7-9;/h2*3-7,11-12,14H,8H2,1-2H3,(H,17,19)(H,21,22);/q;;+2/p-2/t2*11-,12+,14-;/m11./s1. The molecule has 0 radical (unpaired) electrons. The van der Waals surface area contributed by atoms with Crippen LogP contribution in [0.5, 0.6) is 0 Å². The van der Waals surface area contributed by atoms with E-state index in [-0.39, 0.29) is 85.0 Å². The fraction of sp³-hybridized carbons (Fsp3) is 0.438. The second kappa shape index (κ2) is 14.4. The van der Waals surface area contributed by atoms with Crippen molar-refractivity contribution >= 4 is 96.8 Å². The quantitative estimate of drug-likeness (QED) is 0.247. The number of hydrogen-bond acceptors (Lipinski definition) is 10. The van der Waals surface area contributed by atoms with Gasteiger partial charge in [0.25, 0.3) is 0 Å². The second-order valence-corrected chi connectivity index (χ2v) is 16.1. The Morgan fingerprint density at radius 1 is 0.660 bits per heavy atom. The van der Waals surface area contributed by atoms with Gasteiger partial charge in [-0.1, -0.05) is 60.7 Å². The molecule has 4 aliphatic rings. The number of hydrogen-bond donors (Lipinski definition) is 2. The van der Waals surface area contributed by atoms with Crippen molar-refractivity contribution in [3.63, 3.8) is 0 Å². The molecule has 12 nitrogen and oxygen atoms in total. The average molecular weight is 707 g/mol. The number of nitrogens with zero attached hydrogens (tertiary/aromatic N) is 2. The summed E-state index contributed by atoms with van der Waals surface area (Å²) in [6.07, 6.45) is 0.380. The largest absolute Gasteiger partial charge is 2.00 e. The van der Waals surface area contributed by atoms with Crippen LogP contribution in [0.2, 0.25) is 0 Å². The number of nitrogens with one attached hydrogen (secondary N) is 2. The molecule has 15 heteroatoms. The van der Waals surface area contributed by atoms with Crippen molar-refractivity contribution < 1.29 is 39.0 Å². The maximum Gasteiger partial charge on any atom is 2.00 e. The van der Waals surface area contributed by atoms with Crippen LogP contribution < -0.4 is 20.8 Å². The van der Waals surface area contributed by atoms with Gasteiger partial charge >= 0.3 is 37.7 Å². The van der Waals surface area contributed by atoms with Crippen molar-refractivity contribution in [2.45, 2.75) is 84.9 Å². The SMILES string of the molecule is CC1(C)S[C@@H]2[C@H](NC(=O)Cc3ccccc3)C(=O)N2[C@H]1C(=O)[O-].CC1(C)S[C@@H]2[C@H](NC(=O)Cc3ccccc3)C(=O)N2[C@H]1C(=O)[O-].[Ca+2]. The summed E-state index contributed by atoms with van der Waals surface area (Å²) in [7, 11) is 0. The molecule has 2 aromatic rings. The molecule has 4 heterocycles. The smallest absolute Gasteiger partial charge is 0.548 e. The van der Waals surface area contributed by atoms with Crippen molar-refractivity contribution in [3.05, 3.63) is 71.8 Å². The van der Waals surface area contributed by atoms with Crippen molar-refractivity contribution in [3.8, 4) is 0 Å². The summed E-state index contributed by atoms with van der Waals surface area (Å²) < 4.78 is -1.28. The average Bonchev–Trinajstić information content (AvgIpc) is 3.40. The molecular formula is C32H34CaN4O8S2. The summed E-state index contributed by atoms with van der Waals surface area (Å²) in [4.78, 5) is 74.0. The minimum atomic E-state index is -1.26. The number of carboxylic acid groups (broad SMARTS) is 2. The summed E-state index contributed by atoms with van der Waals surface area (Å²) in [5.41, 5.74) is 1.72. The molecule has 4 fully saturated rings. The van der Waals surface area contributed by atoms with E-state index in [0.717, 1.165) is 11.1 Å². The summed E-state index contributed by atoms with van der Waals surface area (Å²) in [5.74, 6) is -3.72. The van der Waals surface area contributed by atoms with Crippen LogP contribution in [0.4, 0.5) is 0 Å². The molecule has 0 unspecified atom stereocenters. The first-order valence-corrected chi connectivity index (χ1v) is 16.5. The van der Waals surface area contributed by atoms with Crippen molar-refractivity contribution in [2.24, 2.45) is 0 Å². The first-order valence-electron chi connectivity index (χ1n) is 14.7. The third-order valence-electron chi connectivity index (χ3n) is 8.38. The molecule has 2 N–H and O–H groups in total. The molecule has 47 heavy (non-hydrogen) atoms. The molecule has 4 aliphatic heterocycles. The minimum Gasteiger partial charge on any atom is -0.548 e. The van der Waals surface area contributed by atoms with Gasteiger partial charge in [-0.25, -0.2) is 0 Å². The van der Waals surface area contributed by atoms with Gasteiger partial charge in [-0.3, -0.25) is 19.2 Å². The first kappa shape index (κ1) is 37.0.